The number of carbonyl (C=O) groups is 1. The van der Waals surface area contributed by atoms with Crippen LogP contribution in [0, 0.1) is 11.2 Å². The Labute approximate surface area is 180 Å². The average molecular weight is 424 g/mol. The highest BCUT2D eigenvalue weighted by molar-refractivity contribution is 5.94. The van der Waals surface area contributed by atoms with Gasteiger partial charge in [-0.1, -0.05) is 20.8 Å². The van der Waals surface area contributed by atoms with Crippen LogP contribution in [0.3, 0.4) is 0 Å². The van der Waals surface area contributed by atoms with E-state index in [2.05, 4.69) is 10.3 Å². The number of rotatable bonds is 6. The number of anilines is 1. The third kappa shape index (κ3) is 5.87. The molecule has 1 unspecified atom stereocenters. The number of aliphatic hydroxyl groups excluding tert-OH is 2. The van der Waals surface area contributed by atoms with Crippen LogP contribution in [0.2, 0.25) is 0 Å². The van der Waals surface area contributed by atoms with Crippen molar-refractivity contribution in [3.8, 4) is 22.8 Å². The number of hydrogen-bond donors (Lipinski definition) is 3. The van der Waals surface area contributed by atoms with E-state index >= 15 is 0 Å². The van der Waals surface area contributed by atoms with E-state index in [1.807, 2.05) is 0 Å². The van der Waals surface area contributed by atoms with Crippen LogP contribution in [0.25, 0.3) is 11.3 Å². The lowest BCUT2D eigenvalue weighted by Crippen LogP contribution is -2.28. The van der Waals surface area contributed by atoms with Gasteiger partial charge in [-0.15, -0.1) is 0 Å². The van der Waals surface area contributed by atoms with Crippen molar-refractivity contribution in [2.45, 2.75) is 26.9 Å². The zero-order valence-corrected chi connectivity index (χ0v) is 17.6. The molecule has 162 valence electrons. The first kappa shape index (κ1) is 22.4. The van der Waals surface area contributed by atoms with Crippen molar-refractivity contribution in [1.82, 2.24) is 4.98 Å². The molecule has 31 heavy (non-hydrogen) atoms. The Hall–Kier alpha value is -3.29. The normalized spacial score (nSPS) is 12.3. The van der Waals surface area contributed by atoms with E-state index in [0.29, 0.717) is 22.8 Å². The highest BCUT2D eigenvalue weighted by Crippen LogP contribution is 2.29. The van der Waals surface area contributed by atoms with Gasteiger partial charge in [-0.2, -0.15) is 0 Å². The van der Waals surface area contributed by atoms with Crippen LogP contribution in [0.1, 0.15) is 32.4 Å². The Bertz CT molecular complexity index is 1040. The number of amides is 1. The van der Waals surface area contributed by atoms with Gasteiger partial charge in [0.05, 0.1) is 12.3 Å². The summed E-state index contributed by atoms with van der Waals surface area (Å²) in [4.78, 5) is 16.9. The molecule has 0 saturated carbocycles. The van der Waals surface area contributed by atoms with E-state index in [1.54, 1.807) is 57.2 Å². The smallest absolute Gasteiger partial charge is 0.230 e. The van der Waals surface area contributed by atoms with Gasteiger partial charge in [0.1, 0.15) is 29.2 Å². The van der Waals surface area contributed by atoms with Crippen molar-refractivity contribution in [2.24, 2.45) is 5.41 Å². The van der Waals surface area contributed by atoms with Gasteiger partial charge in [-0.05, 0) is 66.2 Å². The molecule has 0 bridgehead atoms. The maximum Gasteiger partial charge on any atom is 0.230 e. The Morgan fingerprint density at radius 2 is 1.65 bits per heavy atom. The van der Waals surface area contributed by atoms with Crippen molar-refractivity contribution in [1.29, 1.82) is 0 Å². The van der Waals surface area contributed by atoms with Crippen molar-refractivity contribution in [2.75, 3.05) is 11.9 Å². The van der Waals surface area contributed by atoms with E-state index in [9.17, 15) is 19.4 Å². The fraction of sp³-hybridized carbons (Fsp3) is 0.250. The van der Waals surface area contributed by atoms with Gasteiger partial charge in [0.15, 0.2) is 0 Å². The minimum atomic E-state index is -1.10. The Morgan fingerprint density at radius 3 is 2.19 bits per heavy atom. The third-order valence-corrected chi connectivity index (χ3v) is 4.53. The first-order valence-corrected chi connectivity index (χ1v) is 9.82. The zero-order chi connectivity index (χ0) is 22.6. The molecule has 0 aliphatic carbocycles. The lowest BCUT2D eigenvalue weighted by atomic mass is 9.95. The monoisotopic (exact) mass is 424 g/mol. The predicted molar refractivity (Wildman–Crippen MR) is 116 cm³/mol. The molecule has 0 radical (unpaired) electrons. The predicted octanol–water partition coefficient (Wildman–Crippen LogP) is 4.69. The molecular formula is C24H25FN2O4. The average Bonchev–Trinajstić information content (AvgIpc) is 2.74. The first-order valence-electron chi connectivity index (χ1n) is 9.82. The summed E-state index contributed by atoms with van der Waals surface area (Å²) < 4.78 is 18.7. The SMILES string of the molecule is CC(C)(C)C(=O)Nc1cc(C(O)CO)cc(-c2ccc(Oc3ccc(F)cc3)cc2)n1. The van der Waals surface area contributed by atoms with Crippen LogP contribution < -0.4 is 10.1 Å². The molecule has 0 aliphatic rings. The van der Waals surface area contributed by atoms with E-state index in [-0.39, 0.29) is 17.5 Å². The molecule has 1 heterocycles. The van der Waals surface area contributed by atoms with Gasteiger partial charge in [0, 0.05) is 11.0 Å². The molecule has 3 aromatic rings. The second-order valence-electron chi connectivity index (χ2n) is 8.15. The molecule has 1 atom stereocenters. The van der Waals surface area contributed by atoms with E-state index in [0.717, 1.165) is 5.56 Å². The summed E-state index contributed by atoms with van der Waals surface area (Å²) in [6.45, 7) is 4.90. The second-order valence-corrected chi connectivity index (χ2v) is 8.15. The number of nitrogens with one attached hydrogen (secondary N) is 1. The summed E-state index contributed by atoms with van der Waals surface area (Å²) in [5, 5.41) is 22.2. The van der Waals surface area contributed by atoms with Gasteiger partial charge in [-0.3, -0.25) is 4.79 Å². The lowest BCUT2D eigenvalue weighted by Gasteiger charge is -2.19. The van der Waals surface area contributed by atoms with Crippen molar-refractivity contribution in [3.63, 3.8) is 0 Å². The maximum atomic E-state index is 13.0. The quantitative estimate of drug-likeness (QED) is 0.534. The number of ether oxygens (including phenoxy) is 1. The number of carbonyl (C=O) groups excluding carboxylic acids is 1. The van der Waals surface area contributed by atoms with Crippen LogP contribution in [-0.2, 0) is 4.79 Å². The van der Waals surface area contributed by atoms with Gasteiger partial charge in [0.2, 0.25) is 5.91 Å². The minimum absolute atomic E-state index is 0.218. The summed E-state index contributed by atoms with van der Waals surface area (Å²) >= 11 is 0. The van der Waals surface area contributed by atoms with Crippen LogP contribution in [0.5, 0.6) is 11.5 Å². The molecular weight excluding hydrogens is 399 g/mol. The van der Waals surface area contributed by atoms with E-state index in [4.69, 9.17) is 4.74 Å². The summed E-state index contributed by atoms with van der Waals surface area (Å²) in [5.41, 5.74) is 1.06. The Kier molecular flexibility index (Phi) is 6.68. The van der Waals surface area contributed by atoms with Crippen LogP contribution >= 0.6 is 0 Å². The van der Waals surface area contributed by atoms with Gasteiger partial charge in [0.25, 0.3) is 0 Å². The largest absolute Gasteiger partial charge is 0.457 e. The molecule has 1 aromatic heterocycles. The number of benzene rings is 2. The summed E-state index contributed by atoms with van der Waals surface area (Å²) in [7, 11) is 0. The molecule has 6 nitrogen and oxygen atoms in total. The molecule has 1 amide bonds. The molecule has 0 spiro atoms. The molecule has 0 aliphatic heterocycles. The molecule has 3 N–H and O–H groups in total. The standard InChI is InChI=1S/C24H25FN2O4/c1-24(2,3)23(30)27-22-13-16(21(29)14-28)12-20(26-22)15-4-8-18(9-5-15)31-19-10-6-17(25)7-11-19/h4-13,21,28-29H,14H2,1-3H3,(H,26,27,30). The van der Waals surface area contributed by atoms with Gasteiger partial charge >= 0.3 is 0 Å². The fourth-order valence-electron chi connectivity index (χ4n) is 2.70. The topological polar surface area (TPSA) is 91.7 Å². The second kappa shape index (κ2) is 9.24. The zero-order valence-electron chi connectivity index (χ0n) is 17.6. The number of halogens is 1. The summed E-state index contributed by atoms with van der Waals surface area (Å²) in [5.74, 6) is 0.792. The number of aromatic nitrogens is 1. The molecule has 3 rings (SSSR count). The highest BCUT2D eigenvalue weighted by Gasteiger charge is 2.22. The number of hydrogen-bond acceptors (Lipinski definition) is 5. The molecule has 7 heteroatoms. The minimum Gasteiger partial charge on any atom is -0.457 e. The van der Waals surface area contributed by atoms with Crippen molar-refractivity contribution >= 4 is 11.7 Å². The molecule has 2 aromatic carbocycles. The number of nitrogens with zero attached hydrogens (tertiary/aromatic N) is 1. The summed E-state index contributed by atoms with van der Waals surface area (Å²) in [6, 6.07) is 16.0. The van der Waals surface area contributed by atoms with Crippen LogP contribution in [0.15, 0.2) is 60.7 Å². The third-order valence-electron chi connectivity index (χ3n) is 4.53. The molecule has 0 saturated heterocycles. The molecule has 0 fully saturated rings. The van der Waals surface area contributed by atoms with Crippen LogP contribution in [-0.4, -0.2) is 27.7 Å². The van der Waals surface area contributed by atoms with Crippen molar-refractivity contribution < 1.29 is 24.1 Å². The summed E-state index contributed by atoms with van der Waals surface area (Å²) in [6.07, 6.45) is -1.10. The maximum absolute atomic E-state index is 13.0. The first-order chi connectivity index (χ1) is 14.7. The Balaban J connectivity index is 1.88. The van der Waals surface area contributed by atoms with E-state index in [1.165, 1.54) is 24.3 Å². The van der Waals surface area contributed by atoms with Gasteiger partial charge in [-0.25, -0.2) is 9.37 Å². The fourth-order valence-corrected chi connectivity index (χ4v) is 2.70. The number of pyridine rings is 1. The number of aliphatic hydroxyl groups is 2. The van der Waals surface area contributed by atoms with E-state index < -0.39 is 18.1 Å². The van der Waals surface area contributed by atoms with Crippen molar-refractivity contribution in [3.05, 3.63) is 72.0 Å². The van der Waals surface area contributed by atoms with Gasteiger partial charge < -0.3 is 20.3 Å². The highest BCUT2D eigenvalue weighted by atomic mass is 19.1. The lowest BCUT2D eigenvalue weighted by molar-refractivity contribution is -0.123. The Morgan fingerprint density at radius 1 is 1.06 bits per heavy atom. The van der Waals surface area contributed by atoms with Crippen LogP contribution in [0.4, 0.5) is 10.2 Å².